The number of aromatic nitrogens is 4. The zero-order chi connectivity index (χ0) is 19.4. The van der Waals surface area contributed by atoms with Crippen molar-refractivity contribution in [3.05, 3.63) is 59.9 Å². The lowest BCUT2D eigenvalue weighted by Crippen LogP contribution is -2.29. The molecule has 0 aliphatic carbocycles. The Bertz CT molecular complexity index is 1020. The Hall–Kier alpha value is -2.92. The first-order valence-corrected chi connectivity index (χ1v) is 9.38. The van der Waals surface area contributed by atoms with Gasteiger partial charge in [-0.1, -0.05) is 0 Å². The summed E-state index contributed by atoms with van der Waals surface area (Å²) < 4.78 is 54.2. The predicted octanol–water partition coefficient (Wildman–Crippen LogP) is 1.64. The molecule has 0 radical (unpaired) electrons. The molecular formula is C16H16F2N6O2S. The van der Waals surface area contributed by atoms with Crippen LogP contribution in [0.4, 0.5) is 14.6 Å². The fourth-order valence-electron chi connectivity index (χ4n) is 2.23. The number of sulfonamides is 1. The minimum absolute atomic E-state index is 0.0117. The average Bonchev–Trinajstić information content (AvgIpc) is 3.05. The van der Waals surface area contributed by atoms with E-state index < -0.39 is 26.6 Å². The van der Waals surface area contributed by atoms with Crippen molar-refractivity contribution in [1.29, 1.82) is 0 Å². The van der Waals surface area contributed by atoms with Gasteiger partial charge in [0.15, 0.2) is 5.82 Å². The fraction of sp³-hybridized carbons (Fsp3) is 0.188. The van der Waals surface area contributed by atoms with Crippen LogP contribution in [0.15, 0.2) is 47.5 Å². The Morgan fingerprint density at radius 1 is 1.04 bits per heavy atom. The van der Waals surface area contributed by atoms with E-state index in [1.807, 2.05) is 13.0 Å². The molecule has 0 amide bonds. The quantitative estimate of drug-likeness (QED) is 0.591. The van der Waals surface area contributed by atoms with Crippen LogP contribution in [0.5, 0.6) is 0 Å². The van der Waals surface area contributed by atoms with Gasteiger partial charge in [0.25, 0.3) is 0 Å². The largest absolute Gasteiger partial charge is 0.367 e. The second-order valence-corrected chi connectivity index (χ2v) is 7.38. The first-order valence-electron chi connectivity index (χ1n) is 7.89. The molecule has 2 aromatic heterocycles. The second-order valence-electron chi connectivity index (χ2n) is 5.61. The van der Waals surface area contributed by atoms with Crippen molar-refractivity contribution >= 4 is 15.8 Å². The standard InChI is InChI=1S/C16H16F2N6O2S/c1-11-4-7-24(23-11)16-3-2-15(21-22-16)19-5-6-20-27(25,26)14-9-12(17)8-13(18)10-14/h2-4,7-10,20H,5-6H2,1H3,(H,19,21). The molecule has 2 N–H and O–H groups in total. The molecule has 27 heavy (non-hydrogen) atoms. The monoisotopic (exact) mass is 394 g/mol. The van der Waals surface area contributed by atoms with Crippen LogP contribution in [0, 0.1) is 18.6 Å². The summed E-state index contributed by atoms with van der Waals surface area (Å²) in [4.78, 5) is -0.473. The minimum atomic E-state index is -4.02. The predicted molar refractivity (Wildman–Crippen MR) is 93.9 cm³/mol. The lowest BCUT2D eigenvalue weighted by atomic mass is 10.3. The van der Waals surface area contributed by atoms with Gasteiger partial charge in [0.1, 0.15) is 17.5 Å². The summed E-state index contributed by atoms with van der Waals surface area (Å²) in [6.45, 7) is 2.05. The SMILES string of the molecule is Cc1ccn(-c2ccc(NCCNS(=O)(=O)c3cc(F)cc(F)c3)nn2)n1. The summed E-state index contributed by atoms with van der Waals surface area (Å²) in [7, 11) is -4.02. The molecule has 0 atom stereocenters. The number of halogens is 2. The highest BCUT2D eigenvalue weighted by atomic mass is 32.2. The van der Waals surface area contributed by atoms with Crippen LogP contribution in [-0.4, -0.2) is 41.5 Å². The van der Waals surface area contributed by atoms with E-state index in [1.54, 1.807) is 23.0 Å². The van der Waals surface area contributed by atoms with Gasteiger partial charge >= 0.3 is 0 Å². The highest BCUT2D eigenvalue weighted by molar-refractivity contribution is 7.89. The third-order valence-electron chi connectivity index (χ3n) is 3.48. The average molecular weight is 394 g/mol. The van der Waals surface area contributed by atoms with Crippen molar-refractivity contribution in [2.24, 2.45) is 0 Å². The molecule has 0 aliphatic heterocycles. The molecule has 2 heterocycles. The van der Waals surface area contributed by atoms with Crippen molar-refractivity contribution < 1.29 is 17.2 Å². The summed E-state index contributed by atoms with van der Waals surface area (Å²) in [6, 6.07) is 7.33. The van der Waals surface area contributed by atoms with Crippen LogP contribution in [0.1, 0.15) is 5.69 Å². The minimum Gasteiger partial charge on any atom is -0.367 e. The number of nitrogens with one attached hydrogen (secondary N) is 2. The number of aryl methyl sites for hydroxylation is 1. The molecule has 3 aromatic rings. The zero-order valence-electron chi connectivity index (χ0n) is 14.2. The van der Waals surface area contributed by atoms with Crippen LogP contribution in [0.25, 0.3) is 5.82 Å². The number of anilines is 1. The van der Waals surface area contributed by atoms with Gasteiger partial charge in [-0.25, -0.2) is 26.6 Å². The fourth-order valence-corrected chi connectivity index (χ4v) is 3.30. The smallest absolute Gasteiger partial charge is 0.240 e. The first-order chi connectivity index (χ1) is 12.8. The highest BCUT2D eigenvalue weighted by Crippen LogP contribution is 2.13. The molecule has 0 fully saturated rings. The number of rotatable bonds is 7. The van der Waals surface area contributed by atoms with E-state index in [0.717, 1.165) is 17.8 Å². The third kappa shape index (κ3) is 4.83. The van der Waals surface area contributed by atoms with E-state index >= 15 is 0 Å². The van der Waals surface area contributed by atoms with Crippen LogP contribution in [0.2, 0.25) is 0 Å². The van der Waals surface area contributed by atoms with Gasteiger partial charge < -0.3 is 5.32 Å². The second kappa shape index (κ2) is 7.76. The van der Waals surface area contributed by atoms with E-state index in [0.29, 0.717) is 17.7 Å². The summed E-state index contributed by atoms with van der Waals surface area (Å²) in [5.74, 6) is -0.936. The normalized spacial score (nSPS) is 11.5. The number of benzene rings is 1. The lowest BCUT2D eigenvalue weighted by Gasteiger charge is -2.09. The van der Waals surface area contributed by atoms with E-state index in [-0.39, 0.29) is 13.1 Å². The van der Waals surface area contributed by atoms with Crippen LogP contribution in [0.3, 0.4) is 0 Å². The lowest BCUT2D eigenvalue weighted by molar-refractivity contribution is 0.562. The molecule has 3 rings (SSSR count). The van der Waals surface area contributed by atoms with Gasteiger partial charge in [-0.15, -0.1) is 10.2 Å². The van der Waals surface area contributed by atoms with Crippen molar-refractivity contribution in [3.63, 3.8) is 0 Å². The first kappa shape index (κ1) is 18.9. The molecule has 0 spiro atoms. The molecule has 142 valence electrons. The van der Waals surface area contributed by atoms with E-state index in [1.165, 1.54) is 0 Å². The topological polar surface area (TPSA) is 102 Å². The van der Waals surface area contributed by atoms with Crippen molar-refractivity contribution in [3.8, 4) is 5.82 Å². The van der Waals surface area contributed by atoms with Gasteiger partial charge in [-0.05, 0) is 37.3 Å². The number of hydrogen-bond acceptors (Lipinski definition) is 6. The number of hydrogen-bond donors (Lipinski definition) is 2. The molecule has 0 aliphatic rings. The van der Waals surface area contributed by atoms with Gasteiger partial charge in [0, 0.05) is 25.4 Å². The van der Waals surface area contributed by atoms with Gasteiger partial charge in [0.05, 0.1) is 10.6 Å². The Kier molecular flexibility index (Phi) is 5.42. The Morgan fingerprint density at radius 2 is 1.78 bits per heavy atom. The molecule has 1 aromatic carbocycles. The van der Waals surface area contributed by atoms with Crippen molar-refractivity contribution in [2.45, 2.75) is 11.8 Å². The molecular weight excluding hydrogens is 378 g/mol. The molecule has 8 nitrogen and oxygen atoms in total. The maximum Gasteiger partial charge on any atom is 0.240 e. The Balaban J connectivity index is 1.54. The van der Waals surface area contributed by atoms with Crippen molar-refractivity contribution in [2.75, 3.05) is 18.4 Å². The van der Waals surface area contributed by atoms with E-state index in [2.05, 4.69) is 25.3 Å². The molecule has 0 bridgehead atoms. The van der Waals surface area contributed by atoms with Gasteiger partial charge in [-0.3, -0.25) is 0 Å². The van der Waals surface area contributed by atoms with E-state index in [9.17, 15) is 17.2 Å². The van der Waals surface area contributed by atoms with Crippen molar-refractivity contribution in [1.82, 2.24) is 24.7 Å². The molecule has 0 unspecified atom stereocenters. The number of nitrogens with zero attached hydrogens (tertiary/aromatic N) is 4. The third-order valence-corrected chi connectivity index (χ3v) is 4.92. The molecule has 0 saturated heterocycles. The van der Waals surface area contributed by atoms with Crippen LogP contribution < -0.4 is 10.0 Å². The summed E-state index contributed by atoms with van der Waals surface area (Å²) in [5.41, 5.74) is 0.851. The maximum absolute atomic E-state index is 13.2. The van der Waals surface area contributed by atoms with Gasteiger partial charge in [-0.2, -0.15) is 5.10 Å². The van der Waals surface area contributed by atoms with Crippen LogP contribution >= 0.6 is 0 Å². The molecule has 11 heteroatoms. The summed E-state index contributed by atoms with van der Waals surface area (Å²) in [5, 5.41) is 15.1. The van der Waals surface area contributed by atoms with Crippen LogP contribution in [-0.2, 0) is 10.0 Å². The molecule has 0 saturated carbocycles. The van der Waals surface area contributed by atoms with E-state index in [4.69, 9.17) is 0 Å². The summed E-state index contributed by atoms with van der Waals surface area (Å²) >= 11 is 0. The maximum atomic E-state index is 13.2. The Morgan fingerprint density at radius 3 is 2.37 bits per heavy atom. The highest BCUT2D eigenvalue weighted by Gasteiger charge is 2.15. The zero-order valence-corrected chi connectivity index (χ0v) is 15.0. The van der Waals surface area contributed by atoms with Gasteiger partial charge in [0.2, 0.25) is 10.0 Å². The summed E-state index contributed by atoms with van der Waals surface area (Å²) in [6.07, 6.45) is 1.76. The Labute approximate surface area is 154 Å².